The second-order valence-corrected chi connectivity index (χ2v) is 6.12. The van der Waals surface area contributed by atoms with Crippen LogP contribution in [-0.4, -0.2) is 19.0 Å². The Hall–Kier alpha value is -0.800. The van der Waals surface area contributed by atoms with E-state index in [1.54, 1.807) is 6.07 Å². The third-order valence-corrected chi connectivity index (χ3v) is 3.43. The average Bonchev–Trinajstić information content (AvgIpc) is 2.33. The van der Waals surface area contributed by atoms with E-state index in [0.29, 0.717) is 18.5 Å². The highest BCUT2D eigenvalue weighted by Crippen LogP contribution is 2.23. The van der Waals surface area contributed by atoms with Crippen molar-refractivity contribution in [1.29, 1.82) is 0 Å². The summed E-state index contributed by atoms with van der Waals surface area (Å²) < 4.78 is 18.5. The normalized spacial score (nSPS) is 13.4. The Morgan fingerprint density at radius 3 is 2.53 bits per heavy atom. The van der Waals surface area contributed by atoms with Crippen LogP contribution < -0.4 is 10.1 Å². The van der Waals surface area contributed by atoms with Gasteiger partial charge in [-0.2, -0.15) is 0 Å². The molecule has 0 aromatic heterocycles. The number of hydrogen-bond acceptors (Lipinski definition) is 2. The fourth-order valence-corrected chi connectivity index (χ4v) is 2.23. The van der Waals surface area contributed by atoms with E-state index in [0.717, 1.165) is 12.0 Å². The molecule has 1 rings (SSSR count). The molecule has 1 aromatic rings. The zero-order chi connectivity index (χ0) is 14.5. The highest BCUT2D eigenvalue weighted by molar-refractivity contribution is 6.17. The summed E-state index contributed by atoms with van der Waals surface area (Å²) in [5.74, 6) is 0.565. The van der Waals surface area contributed by atoms with Gasteiger partial charge in [0.2, 0.25) is 0 Å². The predicted octanol–water partition coefficient (Wildman–Crippen LogP) is 3.97. The molecular formula is C15H23ClFNO. The van der Waals surface area contributed by atoms with Gasteiger partial charge >= 0.3 is 0 Å². The van der Waals surface area contributed by atoms with E-state index in [1.807, 2.05) is 6.07 Å². The van der Waals surface area contributed by atoms with Crippen molar-refractivity contribution in [2.75, 3.05) is 13.0 Å². The van der Waals surface area contributed by atoms with E-state index in [-0.39, 0.29) is 17.0 Å². The number of ether oxygens (including phenoxy) is 1. The number of nitrogens with one attached hydrogen (secondary N) is 1. The van der Waals surface area contributed by atoms with Crippen LogP contribution in [0.2, 0.25) is 0 Å². The lowest BCUT2D eigenvalue weighted by atomic mass is 9.85. The van der Waals surface area contributed by atoms with Crippen LogP contribution in [0.4, 0.5) is 4.39 Å². The summed E-state index contributed by atoms with van der Waals surface area (Å²) in [6.07, 6.45) is 0.893. The summed E-state index contributed by atoms with van der Waals surface area (Å²) in [5, 5.41) is 3.45. The van der Waals surface area contributed by atoms with Gasteiger partial charge in [0.1, 0.15) is 0 Å². The molecular weight excluding hydrogens is 265 g/mol. The first kappa shape index (κ1) is 16.3. The van der Waals surface area contributed by atoms with E-state index >= 15 is 0 Å². The molecule has 19 heavy (non-hydrogen) atoms. The molecule has 0 spiro atoms. The molecule has 1 unspecified atom stereocenters. The van der Waals surface area contributed by atoms with E-state index in [9.17, 15) is 4.39 Å². The van der Waals surface area contributed by atoms with Crippen molar-refractivity contribution in [3.63, 3.8) is 0 Å². The van der Waals surface area contributed by atoms with Crippen molar-refractivity contribution in [2.24, 2.45) is 5.41 Å². The third kappa shape index (κ3) is 5.00. The molecule has 0 amide bonds. The largest absolute Gasteiger partial charge is 0.494 e. The third-order valence-electron chi connectivity index (χ3n) is 3.21. The maximum absolute atomic E-state index is 13.6. The minimum absolute atomic E-state index is 0.125. The topological polar surface area (TPSA) is 21.3 Å². The van der Waals surface area contributed by atoms with Crippen molar-refractivity contribution in [1.82, 2.24) is 5.32 Å². The highest BCUT2D eigenvalue weighted by atomic mass is 35.5. The Morgan fingerprint density at radius 1 is 1.37 bits per heavy atom. The molecule has 108 valence electrons. The van der Waals surface area contributed by atoms with Crippen LogP contribution in [0, 0.1) is 11.2 Å². The van der Waals surface area contributed by atoms with Crippen molar-refractivity contribution in [3.8, 4) is 5.75 Å². The van der Waals surface area contributed by atoms with Crippen molar-refractivity contribution in [3.05, 3.63) is 29.6 Å². The van der Waals surface area contributed by atoms with Crippen LogP contribution in [0.25, 0.3) is 0 Å². The lowest BCUT2D eigenvalue weighted by Gasteiger charge is -2.31. The summed E-state index contributed by atoms with van der Waals surface area (Å²) in [5.41, 5.74) is 1.03. The van der Waals surface area contributed by atoms with Crippen LogP contribution in [0.1, 0.15) is 32.8 Å². The molecule has 4 heteroatoms. The monoisotopic (exact) mass is 287 g/mol. The fourth-order valence-electron chi connectivity index (χ4n) is 2.01. The Kier molecular flexibility index (Phi) is 6.08. The molecule has 2 nitrogen and oxygen atoms in total. The minimum atomic E-state index is -0.327. The first-order valence-corrected chi connectivity index (χ1v) is 7.03. The lowest BCUT2D eigenvalue weighted by Crippen LogP contribution is -2.40. The molecule has 0 saturated carbocycles. The summed E-state index contributed by atoms with van der Waals surface area (Å²) in [7, 11) is 1.46. The Morgan fingerprint density at radius 2 is 2.05 bits per heavy atom. The Bertz CT molecular complexity index is 404. The number of alkyl halides is 1. The van der Waals surface area contributed by atoms with E-state index < -0.39 is 0 Å². The quantitative estimate of drug-likeness (QED) is 0.800. The summed E-state index contributed by atoms with van der Waals surface area (Å²) in [6, 6.07) is 5.33. The second kappa shape index (κ2) is 7.11. The highest BCUT2D eigenvalue weighted by Gasteiger charge is 2.23. The van der Waals surface area contributed by atoms with E-state index in [1.165, 1.54) is 13.2 Å². The van der Waals surface area contributed by atoms with Gasteiger partial charge in [0, 0.05) is 18.5 Å². The van der Waals surface area contributed by atoms with Crippen LogP contribution >= 0.6 is 11.6 Å². The number of rotatable bonds is 6. The molecule has 0 heterocycles. The SMILES string of the molecule is COc1ccc(CNC(CCCl)C(C)(C)C)cc1F. The van der Waals surface area contributed by atoms with Gasteiger partial charge in [-0.3, -0.25) is 0 Å². The second-order valence-electron chi connectivity index (χ2n) is 5.75. The summed E-state index contributed by atoms with van der Waals surface area (Å²) in [6.45, 7) is 7.14. The standard InChI is InChI=1S/C15H23ClFNO/c1-15(2,3)14(7-8-16)18-10-11-5-6-13(19-4)12(17)9-11/h5-6,9,14,18H,7-8,10H2,1-4H3. The molecule has 0 saturated heterocycles. The predicted molar refractivity (Wildman–Crippen MR) is 78.4 cm³/mol. The van der Waals surface area contributed by atoms with Gasteiger partial charge in [-0.1, -0.05) is 26.8 Å². The number of hydrogen-bond donors (Lipinski definition) is 1. The molecule has 0 aliphatic heterocycles. The molecule has 0 aliphatic carbocycles. The first-order chi connectivity index (χ1) is 8.88. The first-order valence-electron chi connectivity index (χ1n) is 6.50. The van der Waals surface area contributed by atoms with Gasteiger partial charge < -0.3 is 10.1 Å². The van der Waals surface area contributed by atoms with Gasteiger partial charge in [-0.25, -0.2) is 4.39 Å². The minimum Gasteiger partial charge on any atom is -0.494 e. The van der Waals surface area contributed by atoms with Gasteiger partial charge in [0.25, 0.3) is 0 Å². The van der Waals surface area contributed by atoms with Crippen LogP contribution in [-0.2, 0) is 6.54 Å². The van der Waals surface area contributed by atoms with Crippen molar-refractivity contribution >= 4 is 11.6 Å². The van der Waals surface area contributed by atoms with Crippen molar-refractivity contribution in [2.45, 2.75) is 39.8 Å². The Balaban J connectivity index is 2.66. The van der Waals surface area contributed by atoms with Gasteiger partial charge in [0.05, 0.1) is 7.11 Å². The zero-order valence-electron chi connectivity index (χ0n) is 12.1. The lowest BCUT2D eigenvalue weighted by molar-refractivity contribution is 0.260. The molecule has 1 N–H and O–H groups in total. The molecule has 0 radical (unpaired) electrons. The maximum Gasteiger partial charge on any atom is 0.165 e. The maximum atomic E-state index is 13.6. The molecule has 1 atom stereocenters. The molecule has 1 aromatic carbocycles. The van der Waals surface area contributed by atoms with E-state index in [4.69, 9.17) is 16.3 Å². The van der Waals surface area contributed by atoms with Gasteiger partial charge in [-0.05, 0) is 29.5 Å². The van der Waals surface area contributed by atoms with Crippen molar-refractivity contribution < 1.29 is 9.13 Å². The molecule has 0 fully saturated rings. The van der Waals surface area contributed by atoms with Crippen LogP contribution in [0.3, 0.4) is 0 Å². The van der Waals surface area contributed by atoms with Crippen LogP contribution in [0.5, 0.6) is 5.75 Å². The van der Waals surface area contributed by atoms with Crippen LogP contribution in [0.15, 0.2) is 18.2 Å². The fraction of sp³-hybridized carbons (Fsp3) is 0.600. The zero-order valence-corrected chi connectivity index (χ0v) is 12.9. The number of benzene rings is 1. The number of halogens is 2. The number of methoxy groups -OCH3 is 1. The molecule has 0 aliphatic rings. The van der Waals surface area contributed by atoms with Gasteiger partial charge in [0.15, 0.2) is 11.6 Å². The summed E-state index contributed by atoms with van der Waals surface area (Å²) in [4.78, 5) is 0. The van der Waals surface area contributed by atoms with Gasteiger partial charge in [-0.15, -0.1) is 11.6 Å². The van der Waals surface area contributed by atoms with E-state index in [2.05, 4.69) is 26.1 Å². The summed E-state index contributed by atoms with van der Waals surface area (Å²) >= 11 is 5.83. The average molecular weight is 288 g/mol. The smallest absolute Gasteiger partial charge is 0.165 e. The Labute approximate surface area is 120 Å². The molecule has 0 bridgehead atoms.